The zero-order valence-electron chi connectivity index (χ0n) is 11.4. The largest absolute Gasteiger partial charge is 0.347 e. The maximum atomic E-state index is 13.4. The number of nitrogens with one attached hydrogen (secondary N) is 1. The van der Waals surface area contributed by atoms with Gasteiger partial charge in [0.05, 0.1) is 5.69 Å². The van der Waals surface area contributed by atoms with Crippen molar-refractivity contribution in [2.45, 2.75) is 13.5 Å². The van der Waals surface area contributed by atoms with Gasteiger partial charge in [0, 0.05) is 25.1 Å². The van der Waals surface area contributed by atoms with Crippen molar-refractivity contribution in [1.82, 2.24) is 19.7 Å². The first-order chi connectivity index (χ1) is 10.1. The molecule has 0 aromatic carbocycles. The number of hydrogen-bond acceptors (Lipinski definition) is 3. The Balaban J connectivity index is 1.87. The van der Waals surface area contributed by atoms with Gasteiger partial charge in [-0.2, -0.15) is 0 Å². The predicted octanol–water partition coefficient (Wildman–Crippen LogP) is 2.11. The lowest BCUT2D eigenvalue weighted by Crippen LogP contribution is -2.25. The van der Waals surface area contributed by atoms with E-state index in [1.807, 2.05) is 6.07 Å². The van der Waals surface area contributed by atoms with Crippen molar-refractivity contribution in [3.05, 3.63) is 65.6 Å². The molecule has 21 heavy (non-hydrogen) atoms. The molecule has 0 saturated heterocycles. The first kappa shape index (κ1) is 13.2. The van der Waals surface area contributed by atoms with Crippen LogP contribution in [-0.4, -0.2) is 20.3 Å². The molecule has 0 unspecified atom stereocenters. The minimum Gasteiger partial charge on any atom is -0.347 e. The number of aromatic nitrogens is 3. The second-order valence-corrected chi connectivity index (χ2v) is 4.67. The zero-order chi connectivity index (χ0) is 14.8. The first-order valence-electron chi connectivity index (χ1n) is 6.46. The van der Waals surface area contributed by atoms with E-state index in [4.69, 9.17) is 0 Å². The van der Waals surface area contributed by atoms with Gasteiger partial charge in [-0.3, -0.25) is 14.2 Å². The molecule has 0 fully saturated rings. The Morgan fingerprint density at radius 3 is 3.00 bits per heavy atom. The molecule has 0 radical (unpaired) electrons. The molecule has 0 aliphatic carbocycles. The highest BCUT2D eigenvalue weighted by Gasteiger charge is 2.16. The van der Waals surface area contributed by atoms with E-state index in [9.17, 15) is 9.18 Å². The average molecular weight is 284 g/mol. The van der Waals surface area contributed by atoms with Crippen LogP contribution in [-0.2, 0) is 6.54 Å². The molecule has 3 heterocycles. The summed E-state index contributed by atoms with van der Waals surface area (Å²) in [5.41, 5.74) is 2.33. The molecule has 106 valence electrons. The Morgan fingerprint density at radius 1 is 1.38 bits per heavy atom. The van der Waals surface area contributed by atoms with Crippen molar-refractivity contribution in [2.24, 2.45) is 0 Å². The summed E-state index contributed by atoms with van der Waals surface area (Å²) in [6.45, 7) is 2.08. The number of pyridine rings is 2. The quantitative estimate of drug-likeness (QED) is 0.801. The molecular weight excluding hydrogens is 271 g/mol. The van der Waals surface area contributed by atoms with Gasteiger partial charge in [0.15, 0.2) is 0 Å². The summed E-state index contributed by atoms with van der Waals surface area (Å²) in [6.07, 6.45) is 4.61. The third kappa shape index (κ3) is 2.60. The molecule has 0 saturated carbocycles. The van der Waals surface area contributed by atoms with Crippen molar-refractivity contribution in [1.29, 1.82) is 0 Å². The van der Waals surface area contributed by atoms with Gasteiger partial charge < -0.3 is 5.32 Å². The lowest BCUT2D eigenvalue weighted by atomic mass is 10.2. The van der Waals surface area contributed by atoms with E-state index in [1.165, 1.54) is 16.7 Å². The van der Waals surface area contributed by atoms with Crippen LogP contribution >= 0.6 is 0 Å². The van der Waals surface area contributed by atoms with Gasteiger partial charge in [0.2, 0.25) is 0 Å². The average Bonchev–Trinajstić information content (AvgIpc) is 2.81. The lowest BCUT2D eigenvalue weighted by molar-refractivity contribution is 0.0944. The smallest absolute Gasteiger partial charge is 0.270 e. The first-order valence-corrected chi connectivity index (χ1v) is 6.46. The predicted molar refractivity (Wildman–Crippen MR) is 75.3 cm³/mol. The summed E-state index contributed by atoms with van der Waals surface area (Å²) >= 11 is 0. The Kier molecular flexibility index (Phi) is 3.35. The molecule has 6 heteroatoms. The monoisotopic (exact) mass is 284 g/mol. The van der Waals surface area contributed by atoms with Gasteiger partial charge >= 0.3 is 0 Å². The maximum Gasteiger partial charge on any atom is 0.270 e. The third-order valence-electron chi connectivity index (χ3n) is 3.15. The molecule has 3 aromatic rings. The molecule has 0 bridgehead atoms. The SMILES string of the molecule is Cc1nc2ccc(F)cn2c1C(=O)NCc1cccnc1. The number of aryl methyl sites for hydroxylation is 1. The van der Waals surface area contributed by atoms with Crippen LogP contribution in [0.3, 0.4) is 0 Å². The van der Waals surface area contributed by atoms with Crippen molar-refractivity contribution < 1.29 is 9.18 Å². The fourth-order valence-corrected chi connectivity index (χ4v) is 2.18. The van der Waals surface area contributed by atoms with Crippen molar-refractivity contribution >= 4 is 11.6 Å². The molecule has 1 amide bonds. The number of rotatable bonds is 3. The molecule has 1 N–H and O–H groups in total. The Morgan fingerprint density at radius 2 is 2.24 bits per heavy atom. The van der Waals surface area contributed by atoms with Crippen LogP contribution in [0.15, 0.2) is 42.9 Å². The number of amides is 1. The highest BCUT2D eigenvalue weighted by molar-refractivity contribution is 5.94. The van der Waals surface area contributed by atoms with Crippen LogP contribution in [0.1, 0.15) is 21.7 Å². The standard InChI is InChI=1S/C15H13FN4O/c1-10-14(20-9-12(16)4-5-13(20)19-10)15(21)18-8-11-3-2-6-17-7-11/h2-7,9H,8H2,1H3,(H,18,21). The highest BCUT2D eigenvalue weighted by atomic mass is 19.1. The highest BCUT2D eigenvalue weighted by Crippen LogP contribution is 2.13. The van der Waals surface area contributed by atoms with Gasteiger partial charge in [-0.25, -0.2) is 9.37 Å². The second kappa shape index (κ2) is 5.32. The van der Waals surface area contributed by atoms with Crippen LogP contribution < -0.4 is 5.32 Å². The molecule has 3 aromatic heterocycles. The van der Waals surface area contributed by atoms with Crippen LogP contribution in [0.25, 0.3) is 5.65 Å². The van der Waals surface area contributed by atoms with Gasteiger partial charge in [-0.15, -0.1) is 0 Å². The molecular formula is C15H13FN4O. The second-order valence-electron chi connectivity index (χ2n) is 4.67. The van der Waals surface area contributed by atoms with Gasteiger partial charge in [-0.1, -0.05) is 6.07 Å². The Hall–Kier alpha value is -2.76. The topological polar surface area (TPSA) is 59.3 Å². The summed E-state index contributed by atoms with van der Waals surface area (Å²) in [7, 11) is 0. The van der Waals surface area contributed by atoms with E-state index in [2.05, 4.69) is 15.3 Å². The van der Waals surface area contributed by atoms with Crippen molar-refractivity contribution in [3.63, 3.8) is 0 Å². The minimum absolute atomic E-state index is 0.297. The number of nitrogens with zero attached hydrogens (tertiary/aromatic N) is 3. The van der Waals surface area contributed by atoms with Crippen LogP contribution in [0, 0.1) is 12.7 Å². The Labute approximate surface area is 120 Å². The number of fused-ring (bicyclic) bond motifs is 1. The van der Waals surface area contributed by atoms with Crippen LogP contribution in [0.2, 0.25) is 0 Å². The van der Waals surface area contributed by atoms with E-state index >= 15 is 0 Å². The molecule has 0 aliphatic rings. The molecule has 0 spiro atoms. The summed E-state index contributed by atoms with van der Waals surface area (Å²) in [5, 5.41) is 2.79. The maximum absolute atomic E-state index is 13.4. The third-order valence-corrected chi connectivity index (χ3v) is 3.15. The number of carbonyl (C=O) groups excluding carboxylic acids is 1. The molecule has 5 nitrogen and oxygen atoms in total. The fourth-order valence-electron chi connectivity index (χ4n) is 2.18. The Bertz CT molecular complexity index is 798. The van der Waals surface area contributed by atoms with Crippen molar-refractivity contribution in [3.8, 4) is 0 Å². The summed E-state index contributed by atoms with van der Waals surface area (Å²) in [5.74, 6) is -0.712. The van der Waals surface area contributed by atoms with Crippen LogP contribution in [0.4, 0.5) is 4.39 Å². The normalized spacial score (nSPS) is 10.8. The van der Waals surface area contributed by atoms with Gasteiger partial charge in [0.25, 0.3) is 5.91 Å². The molecule has 0 atom stereocenters. The van der Waals surface area contributed by atoms with E-state index in [-0.39, 0.29) is 5.91 Å². The molecule has 0 aliphatic heterocycles. The van der Waals surface area contributed by atoms with E-state index < -0.39 is 5.82 Å². The van der Waals surface area contributed by atoms with Gasteiger partial charge in [0.1, 0.15) is 17.2 Å². The minimum atomic E-state index is -0.416. The van der Waals surface area contributed by atoms with Crippen molar-refractivity contribution in [2.75, 3.05) is 0 Å². The summed E-state index contributed by atoms with van der Waals surface area (Å²) in [6, 6.07) is 6.53. The summed E-state index contributed by atoms with van der Waals surface area (Å²) < 4.78 is 14.8. The summed E-state index contributed by atoms with van der Waals surface area (Å²) in [4.78, 5) is 20.5. The van der Waals surface area contributed by atoms with Gasteiger partial charge in [-0.05, 0) is 30.7 Å². The lowest BCUT2D eigenvalue weighted by Gasteiger charge is -2.06. The van der Waals surface area contributed by atoms with Crippen LogP contribution in [0.5, 0.6) is 0 Å². The number of imidazole rings is 1. The van der Waals surface area contributed by atoms with E-state index in [0.717, 1.165) is 5.56 Å². The number of hydrogen-bond donors (Lipinski definition) is 1. The number of carbonyl (C=O) groups is 1. The number of halogens is 1. The van der Waals surface area contributed by atoms with E-state index in [0.29, 0.717) is 23.6 Å². The zero-order valence-corrected chi connectivity index (χ0v) is 11.4. The fraction of sp³-hybridized carbons (Fsp3) is 0.133. The van der Waals surface area contributed by atoms with E-state index in [1.54, 1.807) is 31.5 Å². The molecule has 3 rings (SSSR count).